The van der Waals surface area contributed by atoms with Gasteiger partial charge in [-0.1, -0.05) is 28.9 Å². The number of fused-ring (bicyclic) bond motifs is 1. The summed E-state index contributed by atoms with van der Waals surface area (Å²) in [6.07, 6.45) is 0.784. The highest BCUT2D eigenvalue weighted by Crippen LogP contribution is 2.30. The van der Waals surface area contributed by atoms with Gasteiger partial charge in [-0.3, -0.25) is 4.79 Å². The summed E-state index contributed by atoms with van der Waals surface area (Å²) in [7, 11) is 0. The van der Waals surface area contributed by atoms with Crippen molar-refractivity contribution in [2.24, 2.45) is 0 Å². The topological polar surface area (TPSA) is 57.0 Å². The lowest BCUT2D eigenvalue weighted by Gasteiger charge is -2.12. The van der Waals surface area contributed by atoms with E-state index in [1.54, 1.807) is 28.9 Å². The zero-order valence-corrected chi connectivity index (χ0v) is 15.6. The van der Waals surface area contributed by atoms with Crippen molar-refractivity contribution in [3.8, 4) is 17.2 Å². The molecule has 0 bridgehead atoms. The van der Waals surface area contributed by atoms with E-state index in [0.29, 0.717) is 27.8 Å². The molecule has 0 fully saturated rings. The number of para-hydroxylation sites is 1. The third-order valence-electron chi connectivity index (χ3n) is 4.52. The zero-order valence-electron chi connectivity index (χ0n) is 14.8. The van der Waals surface area contributed by atoms with Gasteiger partial charge in [0.15, 0.2) is 6.29 Å². The average Bonchev–Trinajstić information content (AvgIpc) is 3.10. The molecule has 0 aliphatic carbocycles. The van der Waals surface area contributed by atoms with Crippen LogP contribution in [0.3, 0.4) is 0 Å². The molecule has 3 aromatic carbocycles. The van der Waals surface area contributed by atoms with Gasteiger partial charge in [0, 0.05) is 10.6 Å². The van der Waals surface area contributed by atoms with Crippen molar-refractivity contribution in [2.45, 2.75) is 13.8 Å². The van der Waals surface area contributed by atoms with Crippen LogP contribution in [0.1, 0.15) is 21.5 Å². The number of carbonyl (C=O) groups excluding carboxylic acids is 1. The number of nitrogens with zero attached hydrogens (tertiary/aromatic N) is 3. The minimum atomic E-state index is 0.457. The molecular weight excluding hydrogens is 362 g/mol. The number of aromatic nitrogens is 3. The number of benzene rings is 3. The number of rotatable bonds is 4. The molecule has 5 nitrogen and oxygen atoms in total. The van der Waals surface area contributed by atoms with Gasteiger partial charge in [0.25, 0.3) is 0 Å². The van der Waals surface area contributed by atoms with E-state index in [4.69, 9.17) is 16.3 Å². The monoisotopic (exact) mass is 377 g/mol. The van der Waals surface area contributed by atoms with Crippen LogP contribution >= 0.6 is 11.6 Å². The van der Waals surface area contributed by atoms with Gasteiger partial charge in [0.1, 0.15) is 17.0 Å². The quantitative estimate of drug-likeness (QED) is 0.453. The summed E-state index contributed by atoms with van der Waals surface area (Å²) >= 11 is 6.24. The minimum absolute atomic E-state index is 0.457. The number of aldehydes is 1. The summed E-state index contributed by atoms with van der Waals surface area (Å²) in [5.74, 6) is 1.17. The van der Waals surface area contributed by atoms with Crippen LogP contribution in [-0.2, 0) is 0 Å². The van der Waals surface area contributed by atoms with Crippen LogP contribution in [0.5, 0.6) is 11.5 Å². The molecule has 6 heteroatoms. The standard InChI is InChI=1S/C21H16ClN3O2/c1-13-9-17(11-18(22)14(13)2)27-16-7-8-20(15(10-16)12-26)25-21-6-4-3-5-19(21)23-24-25/h3-12H,1-2H3. The van der Waals surface area contributed by atoms with Gasteiger partial charge in [-0.15, -0.1) is 5.10 Å². The summed E-state index contributed by atoms with van der Waals surface area (Å²) < 4.78 is 7.56. The van der Waals surface area contributed by atoms with Gasteiger partial charge in [-0.05, 0) is 67.4 Å². The van der Waals surface area contributed by atoms with Crippen molar-refractivity contribution in [3.05, 3.63) is 76.3 Å². The Hall–Kier alpha value is -3.18. The lowest BCUT2D eigenvalue weighted by Crippen LogP contribution is -2.01. The summed E-state index contributed by atoms with van der Waals surface area (Å²) in [6.45, 7) is 3.94. The highest BCUT2D eigenvalue weighted by atomic mass is 35.5. The van der Waals surface area contributed by atoms with E-state index < -0.39 is 0 Å². The first-order chi connectivity index (χ1) is 13.1. The van der Waals surface area contributed by atoms with Crippen molar-refractivity contribution in [1.29, 1.82) is 0 Å². The molecule has 4 rings (SSSR count). The van der Waals surface area contributed by atoms with Gasteiger partial charge in [-0.25, -0.2) is 4.68 Å². The third-order valence-corrected chi connectivity index (χ3v) is 4.91. The van der Waals surface area contributed by atoms with Gasteiger partial charge in [0.2, 0.25) is 0 Å². The maximum absolute atomic E-state index is 11.7. The van der Waals surface area contributed by atoms with Crippen LogP contribution in [0.25, 0.3) is 16.7 Å². The third kappa shape index (κ3) is 3.17. The molecule has 1 heterocycles. The Kier molecular flexibility index (Phi) is 4.38. The lowest BCUT2D eigenvalue weighted by molar-refractivity contribution is 0.112. The largest absolute Gasteiger partial charge is 0.457 e. The van der Waals surface area contributed by atoms with Gasteiger partial charge < -0.3 is 4.74 Å². The van der Waals surface area contributed by atoms with Gasteiger partial charge in [-0.2, -0.15) is 0 Å². The Balaban J connectivity index is 1.73. The molecule has 0 saturated heterocycles. The highest BCUT2D eigenvalue weighted by molar-refractivity contribution is 6.31. The lowest BCUT2D eigenvalue weighted by atomic mass is 10.1. The molecule has 0 atom stereocenters. The van der Waals surface area contributed by atoms with Crippen LogP contribution in [0, 0.1) is 13.8 Å². The fourth-order valence-electron chi connectivity index (χ4n) is 2.91. The van der Waals surface area contributed by atoms with Crippen molar-refractivity contribution in [3.63, 3.8) is 0 Å². The molecule has 27 heavy (non-hydrogen) atoms. The number of hydrogen-bond acceptors (Lipinski definition) is 4. The Morgan fingerprint density at radius 3 is 2.63 bits per heavy atom. The molecule has 0 saturated carbocycles. The molecule has 0 aliphatic heterocycles. The molecule has 1 aromatic heterocycles. The second-order valence-electron chi connectivity index (χ2n) is 6.28. The molecular formula is C21H16ClN3O2. The van der Waals surface area contributed by atoms with Crippen LogP contribution in [0.4, 0.5) is 0 Å². The number of aryl methyl sites for hydroxylation is 1. The summed E-state index contributed by atoms with van der Waals surface area (Å²) in [6, 6.07) is 16.5. The number of hydrogen-bond donors (Lipinski definition) is 0. The molecule has 0 amide bonds. The normalized spacial score (nSPS) is 10.9. The number of halogens is 1. The van der Waals surface area contributed by atoms with Crippen LogP contribution < -0.4 is 4.74 Å². The maximum Gasteiger partial charge on any atom is 0.152 e. The van der Waals surface area contributed by atoms with E-state index in [-0.39, 0.29) is 0 Å². The number of carbonyl (C=O) groups is 1. The van der Waals surface area contributed by atoms with E-state index in [1.807, 2.05) is 44.2 Å². The summed E-state index contributed by atoms with van der Waals surface area (Å²) in [5, 5.41) is 8.95. The Labute approximate surface area is 161 Å². The highest BCUT2D eigenvalue weighted by Gasteiger charge is 2.12. The summed E-state index contributed by atoms with van der Waals surface area (Å²) in [4.78, 5) is 11.7. The van der Waals surface area contributed by atoms with Crippen molar-refractivity contribution in [2.75, 3.05) is 0 Å². The molecule has 0 aliphatic rings. The van der Waals surface area contributed by atoms with Crippen molar-refractivity contribution >= 4 is 28.9 Å². The minimum Gasteiger partial charge on any atom is -0.457 e. The predicted octanol–water partition coefficient (Wildman–Crippen LogP) is 5.30. The molecule has 0 unspecified atom stereocenters. The Bertz CT molecular complexity index is 1140. The first-order valence-electron chi connectivity index (χ1n) is 8.41. The first-order valence-corrected chi connectivity index (χ1v) is 8.79. The van der Waals surface area contributed by atoms with Crippen LogP contribution in [-0.4, -0.2) is 21.3 Å². The second kappa shape index (κ2) is 6.85. The fourth-order valence-corrected chi connectivity index (χ4v) is 3.17. The molecule has 0 spiro atoms. The van der Waals surface area contributed by atoms with Gasteiger partial charge >= 0.3 is 0 Å². The van der Waals surface area contributed by atoms with E-state index in [1.165, 1.54) is 0 Å². The summed E-state index contributed by atoms with van der Waals surface area (Å²) in [5.41, 5.74) is 4.75. The van der Waals surface area contributed by atoms with E-state index in [0.717, 1.165) is 28.4 Å². The van der Waals surface area contributed by atoms with E-state index in [2.05, 4.69) is 10.3 Å². The molecule has 4 aromatic rings. The maximum atomic E-state index is 11.7. The smallest absolute Gasteiger partial charge is 0.152 e. The molecule has 0 N–H and O–H groups in total. The van der Waals surface area contributed by atoms with E-state index in [9.17, 15) is 4.79 Å². The Morgan fingerprint density at radius 2 is 1.85 bits per heavy atom. The predicted molar refractivity (Wildman–Crippen MR) is 105 cm³/mol. The molecule has 0 radical (unpaired) electrons. The Morgan fingerprint density at radius 1 is 1.04 bits per heavy atom. The second-order valence-corrected chi connectivity index (χ2v) is 6.68. The van der Waals surface area contributed by atoms with Crippen molar-refractivity contribution < 1.29 is 9.53 Å². The van der Waals surface area contributed by atoms with Gasteiger partial charge in [0.05, 0.1) is 11.2 Å². The van der Waals surface area contributed by atoms with Crippen LogP contribution in [0.2, 0.25) is 5.02 Å². The van der Waals surface area contributed by atoms with Crippen LogP contribution in [0.15, 0.2) is 54.6 Å². The first kappa shape index (κ1) is 17.2. The zero-order chi connectivity index (χ0) is 19.0. The SMILES string of the molecule is Cc1cc(Oc2ccc(-n3nnc4ccccc43)c(C=O)c2)cc(Cl)c1C. The fraction of sp³-hybridized carbons (Fsp3) is 0.0952. The number of ether oxygens (including phenoxy) is 1. The van der Waals surface area contributed by atoms with Crippen molar-refractivity contribution in [1.82, 2.24) is 15.0 Å². The average molecular weight is 378 g/mol. The molecule has 134 valence electrons. The van der Waals surface area contributed by atoms with E-state index >= 15 is 0 Å².